The van der Waals surface area contributed by atoms with Crippen LogP contribution < -0.4 is 5.32 Å². The molecule has 0 atom stereocenters. The highest BCUT2D eigenvalue weighted by Crippen LogP contribution is 2.29. The molecule has 0 saturated carbocycles. The molecule has 0 aliphatic rings. The van der Waals surface area contributed by atoms with Gasteiger partial charge < -0.3 is 9.73 Å². The molecule has 0 unspecified atom stereocenters. The van der Waals surface area contributed by atoms with Crippen molar-refractivity contribution < 1.29 is 9.21 Å². The molecule has 1 amide bonds. The number of halogens is 1. The molecule has 0 fully saturated rings. The van der Waals surface area contributed by atoms with Crippen molar-refractivity contribution in [2.24, 2.45) is 0 Å². The fourth-order valence-electron chi connectivity index (χ4n) is 2.04. The van der Waals surface area contributed by atoms with Crippen LogP contribution in [-0.2, 0) is 4.79 Å². The average molecular weight is 404 g/mol. The summed E-state index contributed by atoms with van der Waals surface area (Å²) in [7, 11) is 0. The lowest BCUT2D eigenvalue weighted by Gasteiger charge is -2.06. The maximum absolute atomic E-state index is 12.0. The molecular weight excluding hydrogens is 390 g/mol. The minimum Gasteiger partial charge on any atom is -0.411 e. The summed E-state index contributed by atoms with van der Waals surface area (Å²) >= 11 is 4.66. The van der Waals surface area contributed by atoms with Crippen molar-refractivity contribution >= 4 is 39.3 Å². The topological polar surface area (TPSA) is 68.0 Å². The zero-order valence-electron chi connectivity index (χ0n) is 12.8. The van der Waals surface area contributed by atoms with Crippen LogP contribution >= 0.6 is 27.7 Å². The smallest absolute Gasteiger partial charge is 0.277 e. The second-order valence-electron chi connectivity index (χ2n) is 5.00. The van der Waals surface area contributed by atoms with Gasteiger partial charge in [-0.3, -0.25) is 4.79 Å². The Morgan fingerprint density at radius 2 is 1.92 bits per heavy atom. The zero-order valence-corrected chi connectivity index (χ0v) is 15.2. The lowest BCUT2D eigenvalue weighted by Crippen LogP contribution is -2.14. The van der Waals surface area contributed by atoms with Gasteiger partial charge in [0, 0.05) is 10.2 Å². The minimum absolute atomic E-state index is 0.116. The molecule has 24 heavy (non-hydrogen) atoms. The third-order valence-corrected chi connectivity index (χ3v) is 4.77. The van der Waals surface area contributed by atoms with Crippen molar-refractivity contribution in [2.45, 2.75) is 12.1 Å². The number of para-hydroxylation sites is 1. The van der Waals surface area contributed by atoms with Crippen LogP contribution in [0.3, 0.4) is 0 Å². The van der Waals surface area contributed by atoms with E-state index in [1.165, 1.54) is 11.8 Å². The highest BCUT2D eigenvalue weighted by Gasteiger charge is 2.13. The van der Waals surface area contributed by atoms with Crippen molar-refractivity contribution in [1.82, 2.24) is 10.2 Å². The number of hydrogen-bond acceptors (Lipinski definition) is 5. The van der Waals surface area contributed by atoms with Crippen LogP contribution in [-0.4, -0.2) is 21.9 Å². The van der Waals surface area contributed by atoms with Crippen LogP contribution in [0.15, 0.2) is 62.6 Å². The lowest BCUT2D eigenvalue weighted by atomic mass is 10.2. The van der Waals surface area contributed by atoms with Crippen LogP contribution in [0.2, 0.25) is 0 Å². The SMILES string of the molecule is Cc1ccccc1NC(=O)CSc1nnc(-c2ccccc2Br)o1. The summed E-state index contributed by atoms with van der Waals surface area (Å²) < 4.78 is 6.48. The van der Waals surface area contributed by atoms with E-state index in [0.717, 1.165) is 21.3 Å². The summed E-state index contributed by atoms with van der Waals surface area (Å²) in [5.74, 6) is 0.505. The molecule has 0 bridgehead atoms. The number of carbonyl (C=O) groups is 1. The van der Waals surface area contributed by atoms with Gasteiger partial charge in [-0.2, -0.15) is 0 Å². The van der Waals surface area contributed by atoms with Gasteiger partial charge in [0.1, 0.15) is 0 Å². The van der Waals surface area contributed by atoms with Gasteiger partial charge in [0.15, 0.2) is 0 Å². The Kier molecular flexibility index (Phi) is 5.32. The number of hydrogen-bond donors (Lipinski definition) is 1. The first kappa shape index (κ1) is 16.7. The monoisotopic (exact) mass is 403 g/mol. The van der Waals surface area contributed by atoms with Gasteiger partial charge in [-0.05, 0) is 46.6 Å². The zero-order chi connectivity index (χ0) is 16.9. The summed E-state index contributed by atoms with van der Waals surface area (Å²) in [5.41, 5.74) is 2.65. The van der Waals surface area contributed by atoms with Gasteiger partial charge in [-0.1, -0.05) is 42.1 Å². The molecular formula is C17H14BrN3O2S. The number of benzene rings is 2. The van der Waals surface area contributed by atoms with Crippen molar-refractivity contribution in [3.05, 3.63) is 58.6 Å². The first-order valence-corrected chi connectivity index (χ1v) is 8.98. The number of aryl methyl sites for hydroxylation is 1. The van der Waals surface area contributed by atoms with Crippen LogP contribution in [0.5, 0.6) is 0 Å². The Bertz CT molecular complexity index is 866. The van der Waals surface area contributed by atoms with Crippen LogP contribution in [0.4, 0.5) is 5.69 Å². The molecule has 2 aromatic carbocycles. The lowest BCUT2D eigenvalue weighted by molar-refractivity contribution is -0.113. The highest BCUT2D eigenvalue weighted by molar-refractivity contribution is 9.10. The molecule has 122 valence electrons. The van der Waals surface area contributed by atoms with Gasteiger partial charge in [0.25, 0.3) is 5.22 Å². The number of carbonyl (C=O) groups excluding carboxylic acids is 1. The molecule has 5 nitrogen and oxygen atoms in total. The van der Waals surface area contributed by atoms with Gasteiger partial charge >= 0.3 is 0 Å². The number of nitrogens with one attached hydrogen (secondary N) is 1. The normalized spacial score (nSPS) is 10.6. The number of amides is 1. The van der Waals surface area contributed by atoms with E-state index in [4.69, 9.17) is 4.42 Å². The maximum atomic E-state index is 12.0. The molecule has 1 aromatic heterocycles. The van der Waals surface area contributed by atoms with E-state index < -0.39 is 0 Å². The molecule has 0 radical (unpaired) electrons. The van der Waals surface area contributed by atoms with Crippen molar-refractivity contribution in [3.8, 4) is 11.5 Å². The molecule has 0 spiro atoms. The first-order valence-electron chi connectivity index (χ1n) is 7.20. The molecule has 0 aliphatic heterocycles. The van der Waals surface area contributed by atoms with E-state index >= 15 is 0 Å². The summed E-state index contributed by atoms with van der Waals surface area (Å²) in [6.07, 6.45) is 0. The quantitative estimate of drug-likeness (QED) is 0.633. The number of thioether (sulfide) groups is 1. The number of anilines is 1. The Labute approximate surface area is 152 Å². The second kappa shape index (κ2) is 7.63. The van der Waals surface area contributed by atoms with Crippen molar-refractivity contribution in [1.29, 1.82) is 0 Å². The summed E-state index contributed by atoms with van der Waals surface area (Å²) in [6.45, 7) is 1.95. The number of nitrogens with zero attached hydrogens (tertiary/aromatic N) is 2. The van der Waals surface area contributed by atoms with E-state index in [1.54, 1.807) is 0 Å². The second-order valence-corrected chi connectivity index (χ2v) is 6.79. The summed E-state index contributed by atoms with van der Waals surface area (Å²) in [4.78, 5) is 12.0. The number of aromatic nitrogens is 2. The van der Waals surface area contributed by atoms with E-state index in [9.17, 15) is 4.79 Å². The molecule has 3 rings (SSSR count). The van der Waals surface area contributed by atoms with Gasteiger partial charge in [-0.15, -0.1) is 10.2 Å². The van der Waals surface area contributed by atoms with E-state index in [2.05, 4.69) is 31.4 Å². The highest BCUT2D eigenvalue weighted by atomic mass is 79.9. The van der Waals surface area contributed by atoms with Gasteiger partial charge in [0.2, 0.25) is 11.8 Å². The third kappa shape index (κ3) is 4.04. The summed E-state index contributed by atoms with van der Waals surface area (Å²) in [6, 6.07) is 15.2. The van der Waals surface area contributed by atoms with E-state index in [1.807, 2.05) is 55.5 Å². The Morgan fingerprint density at radius 1 is 1.17 bits per heavy atom. The van der Waals surface area contributed by atoms with Crippen molar-refractivity contribution in [2.75, 3.05) is 11.1 Å². The van der Waals surface area contributed by atoms with Crippen LogP contribution in [0.25, 0.3) is 11.5 Å². The fraction of sp³-hybridized carbons (Fsp3) is 0.118. The standard InChI is InChI=1S/C17H14BrN3O2S/c1-11-6-2-5-9-14(11)19-15(22)10-24-17-21-20-16(23-17)12-7-3-4-8-13(12)18/h2-9H,10H2,1H3,(H,19,22). The Hall–Kier alpha value is -2.12. The Morgan fingerprint density at radius 3 is 2.71 bits per heavy atom. The van der Waals surface area contributed by atoms with Crippen LogP contribution in [0, 0.1) is 6.92 Å². The molecule has 0 saturated heterocycles. The predicted octanol–water partition coefficient (Wildman–Crippen LogP) is 4.54. The van der Waals surface area contributed by atoms with E-state index in [0.29, 0.717) is 11.1 Å². The third-order valence-electron chi connectivity index (χ3n) is 3.26. The summed E-state index contributed by atoms with van der Waals surface area (Å²) in [5, 5.41) is 11.2. The van der Waals surface area contributed by atoms with Gasteiger partial charge in [-0.25, -0.2) is 0 Å². The maximum Gasteiger partial charge on any atom is 0.277 e. The molecule has 7 heteroatoms. The van der Waals surface area contributed by atoms with Gasteiger partial charge in [0.05, 0.1) is 11.3 Å². The number of rotatable bonds is 5. The largest absolute Gasteiger partial charge is 0.411 e. The fourth-order valence-corrected chi connectivity index (χ4v) is 3.06. The minimum atomic E-state index is -0.116. The predicted molar refractivity (Wildman–Crippen MR) is 98.0 cm³/mol. The average Bonchev–Trinajstić information content (AvgIpc) is 3.04. The molecule has 3 aromatic rings. The van der Waals surface area contributed by atoms with E-state index in [-0.39, 0.29) is 11.7 Å². The first-order chi connectivity index (χ1) is 11.6. The molecule has 0 aliphatic carbocycles. The molecule has 1 heterocycles. The Balaban J connectivity index is 1.61. The molecule has 1 N–H and O–H groups in total. The van der Waals surface area contributed by atoms with Crippen molar-refractivity contribution in [3.63, 3.8) is 0 Å². The van der Waals surface area contributed by atoms with Crippen LogP contribution in [0.1, 0.15) is 5.56 Å².